The van der Waals surface area contributed by atoms with Crippen molar-refractivity contribution in [1.82, 2.24) is 10.6 Å². The zero-order valence-electron chi connectivity index (χ0n) is 21.4. The molecule has 9 atom stereocenters. The predicted octanol–water partition coefficient (Wildman–Crippen LogP) is 3.98. The van der Waals surface area contributed by atoms with E-state index < -0.39 is 5.60 Å². The first-order valence-corrected chi connectivity index (χ1v) is 14.1. The molecule has 2 heterocycles. The van der Waals surface area contributed by atoms with Gasteiger partial charge in [-0.1, -0.05) is 13.8 Å². The molecule has 3 N–H and O–H groups in total. The highest BCUT2D eigenvalue weighted by Gasteiger charge is 2.67. The minimum absolute atomic E-state index is 0.136. The lowest BCUT2D eigenvalue weighted by Crippen LogP contribution is -2.62. The van der Waals surface area contributed by atoms with Crippen molar-refractivity contribution in [3.8, 4) is 0 Å². The molecule has 0 aromatic carbocycles. The van der Waals surface area contributed by atoms with Crippen molar-refractivity contribution in [3.05, 3.63) is 34.4 Å². The summed E-state index contributed by atoms with van der Waals surface area (Å²) in [5.74, 6) is 2.12. The summed E-state index contributed by atoms with van der Waals surface area (Å²) in [5.41, 5.74) is 0.153. The lowest BCUT2D eigenvalue weighted by atomic mass is 9.43. The first kappa shape index (κ1) is 23.7. The zero-order chi connectivity index (χ0) is 24.4. The van der Waals surface area contributed by atoms with E-state index in [4.69, 9.17) is 4.42 Å². The van der Waals surface area contributed by atoms with Gasteiger partial charge >= 0.3 is 5.63 Å². The Kier molecular flexibility index (Phi) is 5.72. The lowest BCUT2D eigenvalue weighted by Gasteiger charge is -2.63. The van der Waals surface area contributed by atoms with Crippen LogP contribution in [0.5, 0.6) is 0 Å². The van der Waals surface area contributed by atoms with Gasteiger partial charge in [0.05, 0.1) is 17.8 Å². The molecular formula is C29H42N2O4. The van der Waals surface area contributed by atoms with Gasteiger partial charge < -0.3 is 20.2 Å². The molecular weight excluding hydrogens is 440 g/mol. The van der Waals surface area contributed by atoms with Crippen molar-refractivity contribution in [3.63, 3.8) is 0 Å². The van der Waals surface area contributed by atoms with E-state index in [0.717, 1.165) is 82.9 Å². The Morgan fingerprint density at radius 1 is 1.06 bits per heavy atom. The molecule has 0 radical (unpaired) electrons. The summed E-state index contributed by atoms with van der Waals surface area (Å²) >= 11 is 0. The number of nitrogens with one attached hydrogen (secondary N) is 2. The zero-order valence-corrected chi connectivity index (χ0v) is 21.4. The van der Waals surface area contributed by atoms with Crippen molar-refractivity contribution < 1.29 is 14.3 Å². The second kappa shape index (κ2) is 8.44. The van der Waals surface area contributed by atoms with Crippen molar-refractivity contribution in [2.75, 3.05) is 13.1 Å². The van der Waals surface area contributed by atoms with E-state index in [9.17, 15) is 14.7 Å². The number of amides is 1. The third kappa shape index (κ3) is 3.57. The van der Waals surface area contributed by atoms with Crippen molar-refractivity contribution in [1.29, 1.82) is 0 Å². The van der Waals surface area contributed by atoms with Crippen LogP contribution < -0.4 is 16.3 Å². The van der Waals surface area contributed by atoms with Gasteiger partial charge in [-0.3, -0.25) is 4.79 Å². The average Bonchev–Trinajstić information content (AvgIpc) is 3.47. The molecule has 5 fully saturated rings. The summed E-state index contributed by atoms with van der Waals surface area (Å²) in [6, 6.07) is 3.74. The van der Waals surface area contributed by atoms with E-state index in [1.165, 1.54) is 6.07 Å². The first-order chi connectivity index (χ1) is 16.7. The summed E-state index contributed by atoms with van der Waals surface area (Å²) in [7, 11) is 0. The monoisotopic (exact) mass is 482 g/mol. The van der Waals surface area contributed by atoms with Crippen LogP contribution in [0.4, 0.5) is 0 Å². The summed E-state index contributed by atoms with van der Waals surface area (Å²) in [4.78, 5) is 24.3. The normalized spacial score (nSPS) is 46.9. The van der Waals surface area contributed by atoms with Gasteiger partial charge in [0, 0.05) is 24.1 Å². The van der Waals surface area contributed by atoms with Crippen LogP contribution in [0.25, 0.3) is 0 Å². The predicted molar refractivity (Wildman–Crippen MR) is 134 cm³/mol. The van der Waals surface area contributed by atoms with E-state index in [-0.39, 0.29) is 34.2 Å². The summed E-state index contributed by atoms with van der Waals surface area (Å²) < 4.78 is 5.22. The summed E-state index contributed by atoms with van der Waals surface area (Å²) in [5, 5.41) is 19.1. The Balaban J connectivity index is 1.19. The van der Waals surface area contributed by atoms with Crippen molar-refractivity contribution in [2.45, 2.75) is 95.6 Å². The number of fused-ring (bicyclic) bond motifs is 5. The molecule has 6 rings (SSSR count). The maximum atomic E-state index is 12.7. The molecule has 5 aliphatic rings. The minimum Gasteiger partial charge on any atom is -0.431 e. The molecule has 35 heavy (non-hydrogen) atoms. The largest absolute Gasteiger partial charge is 0.431 e. The van der Waals surface area contributed by atoms with Gasteiger partial charge in [-0.2, -0.15) is 0 Å². The third-order valence-electron chi connectivity index (χ3n) is 11.8. The molecule has 4 aliphatic carbocycles. The highest BCUT2D eigenvalue weighted by molar-refractivity contribution is 5.79. The molecule has 0 unspecified atom stereocenters. The Morgan fingerprint density at radius 3 is 2.66 bits per heavy atom. The molecule has 0 bridgehead atoms. The van der Waals surface area contributed by atoms with Gasteiger partial charge in [0.15, 0.2) is 0 Å². The second-order valence-corrected chi connectivity index (χ2v) is 13.0. The molecule has 6 heteroatoms. The maximum Gasteiger partial charge on any atom is 0.335 e. The van der Waals surface area contributed by atoms with E-state index in [1.54, 1.807) is 6.26 Å². The maximum absolute atomic E-state index is 12.7. The van der Waals surface area contributed by atoms with Crippen LogP contribution in [-0.4, -0.2) is 35.7 Å². The van der Waals surface area contributed by atoms with Gasteiger partial charge in [-0.15, -0.1) is 0 Å². The minimum atomic E-state index is -0.661. The molecule has 1 aromatic heterocycles. The van der Waals surface area contributed by atoms with Gasteiger partial charge in [-0.05, 0) is 111 Å². The number of hydrogen-bond acceptors (Lipinski definition) is 5. The standard InChI is InChI=1S/C29H42N2O4/c1-27-11-7-21(31-26(33)18-10-14-30-16-18)15-20(27)4-5-24-23(27)8-12-28(2)22(9-13-29(24,28)34)19-3-6-25(32)35-17-19/h3,6,17-18,20-24,30,34H,4-5,7-16H2,1-2H3,(H,31,33)/t18-,20-,21+,22-,23+,24-,27+,28-,29+/m1/s1. The molecule has 192 valence electrons. The van der Waals surface area contributed by atoms with Crippen LogP contribution in [0.15, 0.2) is 27.6 Å². The van der Waals surface area contributed by atoms with Crippen LogP contribution in [-0.2, 0) is 4.79 Å². The van der Waals surface area contributed by atoms with Crippen LogP contribution in [0.3, 0.4) is 0 Å². The molecule has 0 spiro atoms. The van der Waals surface area contributed by atoms with Gasteiger partial charge in [0.25, 0.3) is 0 Å². The van der Waals surface area contributed by atoms with E-state index in [2.05, 4.69) is 24.5 Å². The number of rotatable bonds is 3. The average molecular weight is 483 g/mol. The SMILES string of the molecule is C[C@]12CC[C@H](NC(=O)[C@@H]3CCNC3)C[C@H]1CC[C@@H]1[C@@H]2CC[C@]2(C)[C@@H](c3ccc(=O)oc3)CC[C@]12O. The highest BCUT2D eigenvalue weighted by Crippen LogP contribution is 2.70. The first-order valence-electron chi connectivity index (χ1n) is 14.1. The van der Waals surface area contributed by atoms with Crippen LogP contribution in [0.2, 0.25) is 0 Å². The van der Waals surface area contributed by atoms with E-state index in [0.29, 0.717) is 23.8 Å². The second-order valence-electron chi connectivity index (χ2n) is 13.0. The fraction of sp³-hybridized carbons (Fsp3) is 0.793. The smallest absolute Gasteiger partial charge is 0.335 e. The fourth-order valence-corrected chi connectivity index (χ4v) is 9.66. The number of hydrogen-bond donors (Lipinski definition) is 3. The summed E-state index contributed by atoms with van der Waals surface area (Å²) in [6.07, 6.45) is 12.1. The van der Waals surface area contributed by atoms with Crippen LogP contribution in [0, 0.1) is 34.5 Å². The Morgan fingerprint density at radius 2 is 1.91 bits per heavy atom. The molecule has 1 saturated heterocycles. The van der Waals surface area contributed by atoms with Gasteiger partial charge in [0.1, 0.15) is 0 Å². The lowest BCUT2D eigenvalue weighted by molar-refractivity contribution is -0.202. The number of aliphatic hydroxyl groups is 1. The van der Waals surface area contributed by atoms with E-state index >= 15 is 0 Å². The summed E-state index contributed by atoms with van der Waals surface area (Å²) in [6.45, 7) is 6.56. The Bertz CT molecular complexity index is 1010. The number of carbonyl (C=O) groups excluding carboxylic acids is 1. The van der Waals surface area contributed by atoms with Crippen LogP contribution >= 0.6 is 0 Å². The van der Waals surface area contributed by atoms with Gasteiger partial charge in [-0.25, -0.2) is 4.79 Å². The van der Waals surface area contributed by atoms with Gasteiger partial charge in [0.2, 0.25) is 5.91 Å². The van der Waals surface area contributed by atoms with Crippen LogP contribution in [0.1, 0.15) is 89.5 Å². The van der Waals surface area contributed by atoms with E-state index in [1.807, 2.05) is 6.07 Å². The molecule has 1 amide bonds. The molecule has 1 aromatic rings. The Labute approximate surface area is 208 Å². The molecule has 4 saturated carbocycles. The number of carbonyl (C=O) groups is 1. The highest BCUT2D eigenvalue weighted by atomic mass is 16.4. The molecule has 6 nitrogen and oxygen atoms in total. The topological polar surface area (TPSA) is 91.6 Å². The quantitative estimate of drug-likeness (QED) is 0.606. The third-order valence-corrected chi connectivity index (χ3v) is 11.8. The van der Waals surface area contributed by atoms with Crippen molar-refractivity contribution in [2.24, 2.45) is 34.5 Å². The van der Waals surface area contributed by atoms with Crippen molar-refractivity contribution >= 4 is 5.91 Å². The Hall–Kier alpha value is -1.66. The molecule has 1 aliphatic heterocycles. The fourth-order valence-electron chi connectivity index (χ4n) is 9.66.